The quantitative estimate of drug-likeness (QED) is 0.273. The summed E-state index contributed by atoms with van der Waals surface area (Å²) in [6.07, 6.45) is 8.50. The zero-order valence-corrected chi connectivity index (χ0v) is 28.7. The highest BCUT2D eigenvalue weighted by Gasteiger charge is 2.64. The number of aliphatic hydroxyl groups is 2. The van der Waals surface area contributed by atoms with Crippen molar-refractivity contribution in [1.29, 1.82) is 0 Å². The van der Waals surface area contributed by atoms with Gasteiger partial charge in [0.2, 0.25) is 0 Å². The minimum atomic E-state index is -0.971. The molecule has 0 spiro atoms. The molecule has 1 heterocycles. The van der Waals surface area contributed by atoms with Crippen LogP contribution in [0.25, 0.3) is 0 Å². The van der Waals surface area contributed by atoms with Crippen LogP contribution in [0.1, 0.15) is 105 Å². The van der Waals surface area contributed by atoms with Crippen molar-refractivity contribution in [3.05, 3.63) is 41.5 Å². The molecule has 3 saturated carbocycles. The van der Waals surface area contributed by atoms with E-state index in [1.165, 1.54) is 16.8 Å². The number of ether oxygens (including phenoxy) is 1. The van der Waals surface area contributed by atoms with E-state index in [0.717, 1.165) is 58.0 Å². The third-order valence-corrected chi connectivity index (χ3v) is 11.8. The second-order valence-electron chi connectivity index (χ2n) is 17.1. The second-order valence-corrected chi connectivity index (χ2v) is 17.1. The number of nitrogens with zero attached hydrogens (tertiary/aromatic N) is 2. The van der Waals surface area contributed by atoms with Crippen LogP contribution >= 0.6 is 0 Å². The first-order valence-corrected chi connectivity index (χ1v) is 17.6. The van der Waals surface area contributed by atoms with Crippen molar-refractivity contribution in [2.75, 3.05) is 31.1 Å². The molecule has 1 aromatic carbocycles. The SMILES string of the molecule is CC(C)(C)C#C[C@]1(O)CC[C@H]2[C@@H]3CCC4=CC(O)CC[C@@H]4[C@H]3[C@@H](c3ccc(N4CCN(C(=O)OC(C)(C)C)CC4)cc3)C[C@@]21C. The van der Waals surface area contributed by atoms with E-state index in [0.29, 0.717) is 42.7 Å². The topological polar surface area (TPSA) is 73.2 Å². The summed E-state index contributed by atoms with van der Waals surface area (Å²) in [6, 6.07) is 9.22. The van der Waals surface area contributed by atoms with Crippen LogP contribution in [0.5, 0.6) is 0 Å². The highest BCUT2D eigenvalue weighted by molar-refractivity contribution is 5.68. The smallest absolute Gasteiger partial charge is 0.410 e. The average Bonchev–Trinajstić information content (AvgIpc) is 3.24. The van der Waals surface area contributed by atoms with Crippen LogP contribution in [0.2, 0.25) is 0 Å². The number of benzene rings is 1. The predicted octanol–water partition coefficient (Wildman–Crippen LogP) is 7.15. The molecule has 1 unspecified atom stereocenters. The van der Waals surface area contributed by atoms with Gasteiger partial charge in [0.1, 0.15) is 11.2 Å². The van der Waals surface area contributed by atoms with E-state index in [-0.39, 0.29) is 23.0 Å². The Labute approximate surface area is 271 Å². The van der Waals surface area contributed by atoms with Crippen LogP contribution in [0.15, 0.2) is 35.9 Å². The summed E-state index contributed by atoms with van der Waals surface area (Å²) in [5, 5.41) is 22.8. The van der Waals surface area contributed by atoms with Crippen molar-refractivity contribution in [1.82, 2.24) is 4.90 Å². The van der Waals surface area contributed by atoms with Crippen molar-refractivity contribution in [3.8, 4) is 11.8 Å². The molecule has 5 aliphatic rings. The largest absolute Gasteiger partial charge is 0.444 e. The molecule has 1 saturated heterocycles. The molecule has 6 heteroatoms. The van der Waals surface area contributed by atoms with Crippen molar-refractivity contribution in [3.63, 3.8) is 0 Å². The highest BCUT2D eigenvalue weighted by Crippen LogP contribution is 2.68. The zero-order chi connectivity index (χ0) is 32.4. The molecule has 246 valence electrons. The number of hydrogen-bond donors (Lipinski definition) is 2. The Morgan fingerprint density at radius 3 is 2.29 bits per heavy atom. The fourth-order valence-corrected chi connectivity index (χ4v) is 9.69. The maximum Gasteiger partial charge on any atom is 0.410 e. The van der Waals surface area contributed by atoms with Crippen LogP contribution in [0.4, 0.5) is 10.5 Å². The number of piperazine rings is 1. The third-order valence-electron chi connectivity index (χ3n) is 11.8. The maximum absolute atomic E-state index is 12.6. The van der Waals surface area contributed by atoms with E-state index in [2.05, 4.69) is 74.8 Å². The van der Waals surface area contributed by atoms with Gasteiger partial charge in [-0.1, -0.05) is 42.5 Å². The first-order valence-electron chi connectivity index (χ1n) is 17.6. The van der Waals surface area contributed by atoms with Crippen molar-refractivity contribution < 1.29 is 19.7 Å². The number of rotatable bonds is 2. The lowest BCUT2D eigenvalue weighted by atomic mass is 9.46. The fraction of sp³-hybridized carbons (Fsp3) is 0.718. The van der Waals surface area contributed by atoms with Gasteiger partial charge in [-0.05, 0) is 134 Å². The minimum Gasteiger partial charge on any atom is -0.444 e. The van der Waals surface area contributed by atoms with Crippen LogP contribution in [0, 0.1) is 46.3 Å². The van der Waals surface area contributed by atoms with Crippen LogP contribution < -0.4 is 4.90 Å². The number of hydrogen-bond acceptors (Lipinski definition) is 5. The van der Waals surface area contributed by atoms with Crippen LogP contribution in [-0.2, 0) is 4.74 Å². The number of anilines is 1. The standard InChI is InChI=1S/C39H56N2O4/c1-36(2,3)18-19-39(44)17-16-33-31-14-10-27-24-29(42)13-15-30(27)34(31)32(25-38(33,39)7)26-8-11-28(12-9-26)40-20-22-41(23-21-40)35(43)45-37(4,5)6/h8-9,11-12,24,29-34,42,44H,10,13-17,20-23,25H2,1-7H3/t29?,30-,31-,32+,33-,34+,38-,39+/m0/s1. The molecule has 1 aromatic rings. The number of allylic oxidation sites excluding steroid dienone is 1. The summed E-state index contributed by atoms with van der Waals surface area (Å²) in [4.78, 5) is 16.8. The monoisotopic (exact) mass is 616 g/mol. The van der Waals surface area contributed by atoms with E-state index in [9.17, 15) is 15.0 Å². The van der Waals surface area contributed by atoms with E-state index >= 15 is 0 Å². The van der Waals surface area contributed by atoms with Gasteiger partial charge < -0.3 is 24.7 Å². The number of amides is 1. The molecule has 6 rings (SSSR count). The Bertz CT molecular complexity index is 1350. The van der Waals surface area contributed by atoms with Crippen molar-refractivity contribution in [2.24, 2.45) is 34.5 Å². The van der Waals surface area contributed by atoms with Gasteiger partial charge in [-0.25, -0.2) is 4.79 Å². The molecule has 0 radical (unpaired) electrons. The maximum atomic E-state index is 12.6. The zero-order valence-electron chi connectivity index (χ0n) is 28.7. The first-order chi connectivity index (χ1) is 21.1. The van der Waals surface area contributed by atoms with Gasteiger partial charge >= 0.3 is 6.09 Å². The molecule has 2 N–H and O–H groups in total. The first kappa shape index (κ1) is 32.5. The van der Waals surface area contributed by atoms with E-state index in [1.807, 2.05) is 25.7 Å². The molecule has 1 aliphatic heterocycles. The van der Waals surface area contributed by atoms with Gasteiger partial charge in [0.15, 0.2) is 0 Å². The molecule has 45 heavy (non-hydrogen) atoms. The lowest BCUT2D eigenvalue weighted by Crippen LogP contribution is -2.54. The summed E-state index contributed by atoms with van der Waals surface area (Å²) in [5.74, 6) is 9.28. The summed E-state index contributed by atoms with van der Waals surface area (Å²) in [7, 11) is 0. The van der Waals surface area contributed by atoms with Crippen molar-refractivity contribution in [2.45, 2.75) is 117 Å². The van der Waals surface area contributed by atoms with Gasteiger partial charge in [0.25, 0.3) is 0 Å². The molecular weight excluding hydrogens is 560 g/mol. The lowest BCUT2D eigenvalue weighted by molar-refractivity contribution is -0.0966. The molecule has 8 atom stereocenters. The van der Waals surface area contributed by atoms with E-state index < -0.39 is 11.2 Å². The predicted molar refractivity (Wildman–Crippen MR) is 180 cm³/mol. The van der Waals surface area contributed by atoms with Gasteiger partial charge in [-0.2, -0.15) is 0 Å². The summed E-state index contributed by atoms with van der Waals surface area (Å²) < 4.78 is 5.60. The Hall–Kier alpha value is -2.49. The summed E-state index contributed by atoms with van der Waals surface area (Å²) in [5.41, 5.74) is 2.17. The van der Waals surface area contributed by atoms with Crippen LogP contribution in [-0.4, -0.2) is 64.7 Å². The molecule has 4 fully saturated rings. The fourth-order valence-electron chi connectivity index (χ4n) is 9.69. The molecule has 0 bridgehead atoms. The normalized spacial score (nSPS) is 36.6. The lowest BCUT2D eigenvalue weighted by Gasteiger charge is -2.58. The summed E-state index contributed by atoms with van der Waals surface area (Å²) in [6.45, 7) is 17.3. The Kier molecular flexibility index (Phi) is 8.39. The summed E-state index contributed by atoms with van der Waals surface area (Å²) >= 11 is 0. The van der Waals surface area contributed by atoms with Gasteiger partial charge in [0, 0.05) is 42.7 Å². The second kappa shape index (κ2) is 11.6. The number of aliphatic hydroxyl groups excluding tert-OH is 1. The highest BCUT2D eigenvalue weighted by atomic mass is 16.6. The minimum absolute atomic E-state index is 0.150. The number of carbonyl (C=O) groups is 1. The Balaban J connectivity index is 1.27. The van der Waals surface area contributed by atoms with Gasteiger partial charge in [-0.15, -0.1) is 0 Å². The molecule has 4 aliphatic carbocycles. The molecule has 6 nitrogen and oxygen atoms in total. The molecule has 0 aromatic heterocycles. The number of fused-ring (bicyclic) bond motifs is 5. The van der Waals surface area contributed by atoms with E-state index in [1.54, 1.807) is 0 Å². The Morgan fingerprint density at radius 2 is 1.64 bits per heavy atom. The molecular formula is C39H56N2O4. The average molecular weight is 617 g/mol. The number of carbonyl (C=O) groups excluding carboxylic acids is 1. The molecule has 1 amide bonds. The van der Waals surface area contributed by atoms with Crippen molar-refractivity contribution >= 4 is 11.8 Å². The van der Waals surface area contributed by atoms with E-state index in [4.69, 9.17) is 4.74 Å². The van der Waals surface area contributed by atoms with Gasteiger partial charge in [-0.3, -0.25) is 0 Å². The Morgan fingerprint density at radius 1 is 0.956 bits per heavy atom. The third kappa shape index (κ3) is 6.29. The van der Waals surface area contributed by atoms with Crippen LogP contribution in [0.3, 0.4) is 0 Å². The van der Waals surface area contributed by atoms with Gasteiger partial charge in [0.05, 0.1) is 6.10 Å².